The van der Waals surface area contributed by atoms with Crippen LogP contribution in [0.2, 0.25) is 0 Å². The van der Waals surface area contributed by atoms with Gasteiger partial charge in [-0.15, -0.1) is 11.3 Å². The second kappa shape index (κ2) is 13.9. The first kappa shape index (κ1) is 33.0. The maximum Gasteiger partial charge on any atom is 0.0537 e. The largest absolute Gasteiger partial charge is 0.312 e. The number of benzene rings is 6. The Hall–Kier alpha value is -5.90. The number of rotatable bonds is 8. The van der Waals surface area contributed by atoms with Gasteiger partial charge >= 0.3 is 0 Å². The van der Waals surface area contributed by atoms with Crippen molar-refractivity contribution in [3.8, 4) is 16.8 Å². The fourth-order valence-electron chi connectivity index (χ4n) is 8.22. The van der Waals surface area contributed by atoms with Crippen molar-refractivity contribution < 1.29 is 0 Å². The first-order valence-electron chi connectivity index (χ1n) is 18.7. The standard InChI is InChI=1S/C50H42N2S/c1-4-37(31-28-34(2)40-19-8-11-25-46(40)52-47-26-12-9-20-42(47)44-23-14-16-35(3)49(44)52)51(38-17-6-5-7-18-38)39-32-29-36(30-33-39)41-22-15-24-45-43-21-10-13-27-48(43)53-50(41)45/h4-15,17-35H,16H2,1-3H3/b31-28-,37-4+. The molecule has 258 valence electrons. The van der Waals surface area contributed by atoms with Crippen LogP contribution in [-0.4, -0.2) is 4.57 Å². The highest BCUT2D eigenvalue weighted by molar-refractivity contribution is 7.26. The van der Waals surface area contributed by atoms with E-state index >= 15 is 0 Å². The zero-order valence-corrected chi connectivity index (χ0v) is 31.2. The van der Waals surface area contributed by atoms with Gasteiger partial charge in [0, 0.05) is 71.4 Å². The van der Waals surface area contributed by atoms with Crippen molar-refractivity contribution in [3.63, 3.8) is 0 Å². The molecule has 2 unspecified atom stereocenters. The predicted molar refractivity (Wildman–Crippen MR) is 230 cm³/mol. The molecular formula is C50H42N2S. The average Bonchev–Trinajstić information content (AvgIpc) is 3.77. The summed E-state index contributed by atoms with van der Waals surface area (Å²) < 4.78 is 5.20. The van der Waals surface area contributed by atoms with E-state index in [1.54, 1.807) is 0 Å². The third-order valence-electron chi connectivity index (χ3n) is 10.8. The minimum Gasteiger partial charge on any atom is -0.312 e. The highest BCUT2D eigenvalue weighted by atomic mass is 32.1. The van der Waals surface area contributed by atoms with E-state index in [0.717, 1.165) is 23.5 Å². The maximum absolute atomic E-state index is 2.53. The number of allylic oxidation sites excluding steroid dienone is 4. The molecule has 2 atom stereocenters. The molecule has 0 amide bonds. The van der Waals surface area contributed by atoms with E-state index in [-0.39, 0.29) is 5.92 Å². The van der Waals surface area contributed by atoms with E-state index in [1.165, 1.54) is 64.7 Å². The summed E-state index contributed by atoms with van der Waals surface area (Å²) in [5.41, 5.74) is 12.5. The molecule has 8 aromatic rings. The lowest BCUT2D eigenvalue weighted by atomic mass is 9.92. The van der Waals surface area contributed by atoms with Crippen molar-refractivity contribution in [2.24, 2.45) is 0 Å². The molecule has 0 saturated heterocycles. The summed E-state index contributed by atoms with van der Waals surface area (Å²) in [5, 5.41) is 3.98. The third kappa shape index (κ3) is 5.82. The molecule has 1 aliphatic rings. The molecule has 6 aromatic carbocycles. The molecule has 2 heterocycles. The van der Waals surface area contributed by atoms with Gasteiger partial charge in [0.05, 0.1) is 5.52 Å². The lowest BCUT2D eigenvalue weighted by Crippen LogP contribution is -2.15. The molecule has 0 N–H and O–H groups in total. The van der Waals surface area contributed by atoms with Crippen molar-refractivity contribution in [3.05, 3.63) is 192 Å². The first-order valence-corrected chi connectivity index (χ1v) is 19.5. The number of para-hydroxylation sites is 3. The summed E-state index contributed by atoms with van der Waals surface area (Å²) in [6.07, 6.45) is 12.6. The summed E-state index contributed by atoms with van der Waals surface area (Å²) in [4.78, 5) is 2.36. The molecule has 53 heavy (non-hydrogen) atoms. The van der Waals surface area contributed by atoms with Crippen molar-refractivity contribution in [1.29, 1.82) is 0 Å². The monoisotopic (exact) mass is 702 g/mol. The number of fused-ring (bicyclic) bond motifs is 6. The van der Waals surface area contributed by atoms with Crippen LogP contribution < -0.4 is 4.90 Å². The summed E-state index contributed by atoms with van der Waals surface area (Å²) in [5.74, 6) is 0.619. The quantitative estimate of drug-likeness (QED) is 0.143. The molecule has 0 spiro atoms. The maximum atomic E-state index is 2.53. The molecule has 0 radical (unpaired) electrons. The van der Waals surface area contributed by atoms with Gasteiger partial charge in [-0.1, -0.05) is 141 Å². The molecule has 0 fully saturated rings. The molecule has 0 bridgehead atoms. The van der Waals surface area contributed by atoms with Crippen molar-refractivity contribution in [1.82, 2.24) is 4.57 Å². The van der Waals surface area contributed by atoms with Crippen LogP contribution in [0.25, 0.3) is 54.0 Å². The summed E-state index contributed by atoms with van der Waals surface area (Å²) >= 11 is 1.88. The molecule has 0 saturated carbocycles. The summed E-state index contributed by atoms with van der Waals surface area (Å²) in [6.45, 7) is 6.81. The molecule has 1 aliphatic carbocycles. The van der Waals surface area contributed by atoms with Crippen LogP contribution in [0.15, 0.2) is 176 Å². The molecule has 2 nitrogen and oxygen atoms in total. The molecular weight excluding hydrogens is 661 g/mol. The predicted octanol–water partition coefficient (Wildman–Crippen LogP) is 14.6. The number of aromatic nitrogens is 1. The molecule has 0 aliphatic heterocycles. The van der Waals surface area contributed by atoms with Crippen LogP contribution >= 0.6 is 11.3 Å². The van der Waals surface area contributed by atoms with Crippen molar-refractivity contribution >= 4 is 59.9 Å². The summed E-state index contributed by atoms with van der Waals surface area (Å²) in [7, 11) is 0. The Morgan fingerprint density at radius 2 is 1.43 bits per heavy atom. The van der Waals surface area contributed by atoms with Crippen molar-refractivity contribution in [2.45, 2.75) is 39.0 Å². The van der Waals surface area contributed by atoms with E-state index in [1.807, 2.05) is 11.3 Å². The zero-order valence-electron chi connectivity index (χ0n) is 30.4. The van der Waals surface area contributed by atoms with Gasteiger partial charge < -0.3 is 9.47 Å². The van der Waals surface area contributed by atoms with Crippen molar-refractivity contribution in [2.75, 3.05) is 4.90 Å². The van der Waals surface area contributed by atoms with Crippen LogP contribution in [0.4, 0.5) is 11.4 Å². The van der Waals surface area contributed by atoms with Crippen LogP contribution in [-0.2, 0) is 0 Å². The van der Waals surface area contributed by atoms with Gasteiger partial charge in [-0.3, -0.25) is 0 Å². The Balaban J connectivity index is 1.07. The van der Waals surface area contributed by atoms with Crippen LogP contribution in [0.3, 0.4) is 0 Å². The van der Waals surface area contributed by atoms with Crippen LogP contribution in [0.1, 0.15) is 55.8 Å². The topological polar surface area (TPSA) is 8.17 Å². The number of thiophene rings is 1. The van der Waals surface area contributed by atoms with E-state index < -0.39 is 0 Å². The molecule has 9 rings (SSSR count). The van der Waals surface area contributed by atoms with Gasteiger partial charge in [-0.25, -0.2) is 0 Å². The van der Waals surface area contributed by atoms with E-state index in [0.29, 0.717) is 5.92 Å². The normalized spacial score (nSPS) is 15.1. The number of nitrogens with zero attached hydrogens (tertiary/aromatic N) is 2. The van der Waals surface area contributed by atoms with Gasteiger partial charge in [-0.05, 0) is 78.6 Å². The second-order valence-electron chi connectivity index (χ2n) is 14.1. The molecule has 3 heteroatoms. The van der Waals surface area contributed by atoms with Crippen LogP contribution in [0, 0.1) is 0 Å². The lowest BCUT2D eigenvalue weighted by molar-refractivity contribution is 0.720. The Labute approximate surface area is 316 Å². The number of hydrogen-bond donors (Lipinski definition) is 0. The van der Waals surface area contributed by atoms with Crippen LogP contribution in [0.5, 0.6) is 0 Å². The highest BCUT2D eigenvalue weighted by Crippen LogP contribution is 2.42. The van der Waals surface area contributed by atoms with Gasteiger partial charge in [0.1, 0.15) is 0 Å². The lowest BCUT2D eigenvalue weighted by Gasteiger charge is -2.27. The Kier molecular flexibility index (Phi) is 8.65. The Morgan fingerprint density at radius 1 is 0.736 bits per heavy atom. The van der Waals surface area contributed by atoms with E-state index in [2.05, 4.69) is 206 Å². The zero-order chi connectivity index (χ0) is 35.9. The minimum absolute atomic E-state index is 0.175. The smallest absolute Gasteiger partial charge is 0.0537 e. The fraction of sp³-hybridized carbons (Fsp3) is 0.120. The van der Waals surface area contributed by atoms with Gasteiger partial charge in [-0.2, -0.15) is 0 Å². The molecule has 2 aromatic heterocycles. The summed E-state index contributed by atoms with van der Waals surface area (Å²) in [6, 6.07) is 53.0. The Bertz CT molecular complexity index is 2690. The fourth-order valence-corrected chi connectivity index (χ4v) is 9.46. The van der Waals surface area contributed by atoms with Gasteiger partial charge in [0.15, 0.2) is 0 Å². The SMILES string of the molecule is C/C=C(\C=C/C(C)c1ccccc1-n1c2c(c3ccccc31)C=CCC2C)N(c1ccccc1)c1ccc(-c2cccc3c2sc2ccccc23)cc1. The first-order chi connectivity index (χ1) is 26.1. The number of anilines is 2. The number of hydrogen-bond acceptors (Lipinski definition) is 2. The highest BCUT2D eigenvalue weighted by Gasteiger charge is 2.25. The minimum atomic E-state index is 0.175. The average molecular weight is 703 g/mol. The van der Waals surface area contributed by atoms with Gasteiger partial charge in [0.25, 0.3) is 0 Å². The Morgan fingerprint density at radius 3 is 2.26 bits per heavy atom. The second-order valence-corrected chi connectivity index (χ2v) is 15.2. The third-order valence-corrected chi connectivity index (χ3v) is 12.0. The van der Waals surface area contributed by atoms with E-state index in [4.69, 9.17) is 0 Å². The van der Waals surface area contributed by atoms with E-state index in [9.17, 15) is 0 Å². The van der Waals surface area contributed by atoms with Gasteiger partial charge in [0.2, 0.25) is 0 Å².